The molecule has 66 valence electrons. The van der Waals surface area contributed by atoms with E-state index in [4.69, 9.17) is 4.42 Å². The lowest BCUT2D eigenvalue weighted by Crippen LogP contribution is -2.47. The first kappa shape index (κ1) is 7.87. The van der Waals surface area contributed by atoms with Crippen molar-refractivity contribution in [2.45, 2.75) is 38.3 Å². The third-order valence-corrected chi connectivity index (χ3v) is 2.73. The second-order valence-corrected chi connectivity index (χ2v) is 3.85. The predicted molar refractivity (Wildman–Crippen MR) is 47.8 cm³/mol. The van der Waals surface area contributed by atoms with Crippen molar-refractivity contribution in [3.8, 4) is 0 Å². The monoisotopic (exact) mass is 165 g/mol. The lowest BCUT2D eigenvalue weighted by Gasteiger charge is -2.39. The first-order valence-corrected chi connectivity index (χ1v) is 4.56. The summed E-state index contributed by atoms with van der Waals surface area (Å²) in [5.74, 6) is 1.03. The molecule has 0 bridgehead atoms. The molecule has 0 aromatic carbocycles. The third-order valence-electron chi connectivity index (χ3n) is 2.73. The molecule has 2 nitrogen and oxygen atoms in total. The molecular formula is C10H15NO. The highest BCUT2D eigenvalue weighted by atomic mass is 16.3. The van der Waals surface area contributed by atoms with E-state index in [1.165, 1.54) is 19.3 Å². The Labute approximate surface area is 73.0 Å². The van der Waals surface area contributed by atoms with Crippen LogP contribution in [0, 0.1) is 0 Å². The van der Waals surface area contributed by atoms with Crippen molar-refractivity contribution in [3.05, 3.63) is 24.2 Å². The molecule has 0 saturated heterocycles. The SMILES string of the molecule is CC1(NCc2ccco2)CCC1. The molecule has 1 aliphatic rings. The van der Waals surface area contributed by atoms with Crippen molar-refractivity contribution in [3.63, 3.8) is 0 Å². The van der Waals surface area contributed by atoms with Crippen LogP contribution in [0.5, 0.6) is 0 Å². The van der Waals surface area contributed by atoms with Crippen LogP contribution in [0.1, 0.15) is 31.9 Å². The van der Waals surface area contributed by atoms with Gasteiger partial charge in [0.2, 0.25) is 0 Å². The van der Waals surface area contributed by atoms with Gasteiger partial charge < -0.3 is 9.73 Å². The molecule has 2 rings (SSSR count). The number of furan rings is 1. The van der Waals surface area contributed by atoms with Gasteiger partial charge in [-0.05, 0) is 38.3 Å². The van der Waals surface area contributed by atoms with Crippen LogP contribution in [0.2, 0.25) is 0 Å². The van der Waals surface area contributed by atoms with Crippen LogP contribution in [-0.2, 0) is 6.54 Å². The van der Waals surface area contributed by atoms with Gasteiger partial charge in [-0.3, -0.25) is 0 Å². The van der Waals surface area contributed by atoms with Gasteiger partial charge >= 0.3 is 0 Å². The summed E-state index contributed by atoms with van der Waals surface area (Å²) in [5, 5.41) is 3.50. The van der Waals surface area contributed by atoms with Crippen LogP contribution in [0.25, 0.3) is 0 Å². The van der Waals surface area contributed by atoms with Crippen molar-refractivity contribution < 1.29 is 4.42 Å². The fourth-order valence-electron chi connectivity index (χ4n) is 1.60. The molecule has 1 saturated carbocycles. The molecule has 1 N–H and O–H groups in total. The molecular weight excluding hydrogens is 150 g/mol. The van der Waals surface area contributed by atoms with E-state index in [-0.39, 0.29) is 0 Å². The topological polar surface area (TPSA) is 25.2 Å². The molecule has 0 atom stereocenters. The maximum absolute atomic E-state index is 5.23. The van der Waals surface area contributed by atoms with Gasteiger partial charge in [0.15, 0.2) is 0 Å². The third kappa shape index (κ3) is 1.53. The summed E-state index contributed by atoms with van der Waals surface area (Å²) in [6.45, 7) is 3.14. The Morgan fingerprint density at radius 3 is 2.92 bits per heavy atom. The van der Waals surface area contributed by atoms with Gasteiger partial charge in [-0.25, -0.2) is 0 Å². The van der Waals surface area contributed by atoms with Crippen molar-refractivity contribution in [2.24, 2.45) is 0 Å². The van der Waals surface area contributed by atoms with Gasteiger partial charge in [0.25, 0.3) is 0 Å². The minimum absolute atomic E-state index is 0.382. The second-order valence-electron chi connectivity index (χ2n) is 3.85. The molecule has 2 heteroatoms. The maximum atomic E-state index is 5.23. The Kier molecular flexibility index (Phi) is 1.93. The first-order chi connectivity index (χ1) is 5.79. The van der Waals surface area contributed by atoms with Crippen LogP contribution < -0.4 is 5.32 Å². The average Bonchev–Trinajstić information content (AvgIpc) is 2.49. The molecule has 1 aromatic heterocycles. The molecule has 0 spiro atoms. The standard InChI is InChI=1S/C10H15NO/c1-10(5-3-6-10)11-8-9-4-2-7-12-9/h2,4,7,11H,3,5-6,8H2,1H3. The molecule has 0 unspecified atom stereocenters. The zero-order valence-corrected chi connectivity index (χ0v) is 7.47. The maximum Gasteiger partial charge on any atom is 0.117 e. The van der Waals surface area contributed by atoms with Crippen LogP contribution >= 0.6 is 0 Å². The molecule has 1 fully saturated rings. The van der Waals surface area contributed by atoms with E-state index in [1.807, 2.05) is 12.1 Å². The fourth-order valence-corrected chi connectivity index (χ4v) is 1.60. The van der Waals surface area contributed by atoms with Gasteiger partial charge in [-0.15, -0.1) is 0 Å². The van der Waals surface area contributed by atoms with Crippen molar-refractivity contribution in [1.29, 1.82) is 0 Å². The molecule has 1 aromatic rings. The van der Waals surface area contributed by atoms with Crippen molar-refractivity contribution in [1.82, 2.24) is 5.32 Å². The number of rotatable bonds is 3. The second kappa shape index (κ2) is 2.94. The van der Waals surface area contributed by atoms with Gasteiger partial charge in [0.1, 0.15) is 5.76 Å². The van der Waals surface area contributed by atoms with Crippen molar-refractivity contribution in [2.75, 3.05) is 0 Å². The minimum atomic E-state index is 0.382. The summed E-state index contributed by atoms with van der Waals surface area (Å²) < 4.78 is 5.23. The zero-order valence-electron chi connectivity index (χ0n) is 7.47. The molecule has 1 heterocycles. The summed E-state index contributed by atoms with van der Waals surface area (Å²) in [5.41, 5.74) is 0.382. The zero-order chi connectivity index (χ0) is 8.44. The lowest BCUT2D eigenvalue weighted by atomic mass is 9.78. The highest BCUT2D eigenvalue weighted by Crippen LogP contribution is 2.31. The average molecular weight is 165 g/mol. The van der Waals surface area contributed by atoms with Crippen LogP contribution in [-0.4, -0.2) is 5.54 Å². The number of nitrogens with one attached hydrogen (secondary N) is 1. The Morgan fingerprint density at radius 1 is 1.58 bits per heavy atom. The van der Waals surface area contributed by atoms with E-state index in [1.54, 1.807) is 6.26 Å². The van der Waals surface area contributed by atoms with Gasteiger partial charge in [0, 0.05) is 5.54 Å². The van der Waals surface area contributed by atoms with E-state index in [2.05, 4.69) is 12.2 Å². The van der Waals surface area contributed by atoms with Crippen LogP contribution in [0.15, 0.2) is 22.8 Å². The van der Waals surface area contributed by atoms with E-state index in [0.717, 1.165) is 12.3 Å². The quantitative estimate of drug-likeness (QED) is 0.743. The molecule has 0 amide bonds. The lowest BCUT2D eigenvalue weighted by molar-refractivity contribution is 0.201. The smallest absolute Gasteiger partial charge is 0.117 e. The highest BCUT2D eigenvalue weighted by Gasteiger charge is 2.30. The van der Waals surface area contributed by atoms with Gasteiger partial charge in [-0.2, -0.15) is 0 Å². The molecule has 12 heavy (non-hydrogen) atoms. The molecule has 1 aliphatic carbocycles. The van der Waals surface area contributed by atoms with Crippen molar-refractivity contribution >= 4 is 0 Å². The Bertz CT molecular complexity index is 236. The van der Waals surface area contributed by atoms with E-state index in [9.17, 15) is 0 Å². The number of hydrogen-bond donors (Lipinski definition) is 1. The highest BCUT2D eigenvalue weighted by molar-refractivity contribution is 5.00. The predicted octanol–water partition coefficient (Wildman–Crippen LogP) is 2.31. The van der Waals surface area contributed by atoms with Crippen LogP contribution in [0.4, 0.5) is 0 Å². The van der Waals surface area contributed by atoms with E-state index >= 15 is 0 Å². The normalized spacial score (nSPS) is 20.4. The van der Waals surface area contributed by atoms with E-state index < -0.39 is 0 Å². The minimum Gasteiger partial charge on any atom is -0.468 e. The van der Waals surface area contributed by atoms with Crippen LogP contribution in [0.3, 0.4) is 0 Å². The largest absolute Gasteiger partial charge is 0.468 e. The number of hydrogen-bond acceptors (Lipinski definition) is 2. The summed E-state index contributed by atoms with van der Waals surface area (Å²) in [4.78, 5) is 0. The Hall–Kier alpha value is -0.760. The molecule has 0 aliphatic heterocycles. The summed E-state index contributed by atoms with van der Waals surface area (Å²) in [7, 11) is 0. The summed E-state index contributed by atoms with van der Waals surface area (Å²) in [6.07, 6.45) is 5.68. The van der Waals surface area contributed by atoms with Gasteiger partial charge in [-0.1, -0.05) is 0 Å². The first-order valence-electron chi connectivity index (χ1n) is 4.56. The van der Waals surface area contributed by atoms with E-state index in [0.29, 0.717) is 5.54 Å². The molecule has 0 radical (unpaired) electrons. The Morgan fingerprint density at radius 2 is 2.42 bits per heavy atom. The Balaban J connectivity index is 1.82. The fraction of sp³-hybridized carbons (Fsp3) is 0.600. The summed E-state index contributed by atoms with van der Waals surface area (Å²) >= 11 is 0. The summed E-state index contributed by atoms with van der Waals surface area (Å²) in [6, 6.07) is 3.94. The van der Waals surface area contributed by atoms with Gasteiger partial charge in [0.05, 0.1) is 12.8 Å².